The number of aliphatic hydroxyl groups is 1. The topological polar surface area (TPSA) is 66.8 Å². The van der Waals surface area contributed by atoms with Crippen molar-refractivity contribution in [2.75, 3.05) is 0 Å². The van der Waals surface area contributed by atoms with Crippen LogP contribution in [0.25, 0.3) is 0 Å². The third-order valence-corrected chi connectivity index (χ3v) is 3.53. The van der Waals surface area contributed by atoms with Crippen LogP contribution in [-0.2, 0) is 13.2 Å². The number of hydrogen-bond donors (Lipinski definition) is 2. The lowest BCUT2D eigenvalue weighted by Crippen LogP contribution is -2.02. The summed E-state index contributed by atoms with van der Waals surface area (Å²) in [6.07, 6.45) is 0. The fourth-order valence-electron chi connectivity index (χ4n) is 2.02. The average Bonchev–Trinajstić information content (AvgIpc) is 2.46. The summed E-state index contributed by atoms with van der Waals surface area (Å²) in [6, 6.07) is 10.3. The van der Waals surface area contributed by atoms with Crippen molar-refractivity contribution in [1.29, 1.82) is 0 Å². The van der Waals surface area contributed by atoms with Gasteiger partial charge in [0.25, 0.3) is 0 Å². The molecule has 0 heterocycles. The molecule has 0 unspecified atom stereocenters. The maximum absolute atomic E-state index is 10.8. The molecule has 5 heteroatoms. The fourth-order valence-corrected chi connectivity index (χ4v) is 2.64. The number of hydrogen-bond acceptors (Lipinski definition) is 3. The molecule has 0 aliphatic carbocycles. The van der Waals surface area contributed by atoms with Gasteiger partial charge >= 0.3 is 5.97 Å². The van der Waals surface area contributed by atoms with Gasteiger partial charge in [0.05, 0.1) is 12.2 Å². The minimum Gasteiger partial charge on any atom is -0.488 e. The van der Waals surface area contributed by atoms with Gasteiger partial charge in [-0.05, 0) is 42.3 Å². The molecule has 2 rings (SSSR count). The second-order valence-electron chi connectivity index (χ2n) is 4.66. The van der Waals surface area contributed by atoms with Gasteiger partial charge in [0.15, 0.2) is 0 Å². The Balaban J connectivity index is 2.14. The first-order chi connectivity index (χ1) is 10.0. The summed E-state index contributed by atoms with van der Waals surface area (Å²) in [4.78, 5) is 10.8. The Morgan fingerprint density at radius 1 is 1.24 bits per heavy atom. The molecule has 0 saturated carbocycles. The number of ether oxygens (including phenoxy) is 1. The van der Waals surface area contributed by atoms with Gasteiger partial charge in [-0.25, -0.2) is 4.79 Å². The van der Waals surface area contributed by atoms with E-state index in [1.165, 1.54) is 0 Å². The van der Waals surface area contributed by atoms with Gasteiger partial charge in [-0.3, -0.25) is 0 Å². The van der Waals surface area contributed by atoms with E-state index in [9.17, 15) is 9.90 Å². The summed E-state index contributed by atoms with van der Waals surface area (Å²) in [5.41, 5.74) is 2.75. The first-order valence-electron chi connectivity index (χ1n) is 6.36. The molecular weight excluding hydrogens is 336 g/mol. The molecule has 0 bridgehead atoms. The van der Waals surface area contributed by atoms with E-state index in [0.29, 0.717) is 17.9 Å². The van der Waals surface area contributed by atoms with Crippen molar-refractivity contribution in [3.63, 3.8) is 0 Å². The van der Waals surface area contributed by atoms with Gasteiger partial charge in [0, 0.05) is 10.0 Å². The highest BCUT2D eigenvalue weighted by atomic mass is 79.9. The van der Waals surface area contributed by atoms with Gasteiger partial charge in [0.2, 0.25) is 0 Å². The smallest absolute Gasteiger partial charge is 0.335 e. The number of aryl methyl sites for hydroxylation is 1. The molecule has 0 amide bonds. The van der Waals surface area contributed by atoms with E-state index in [4.69, 9.17) is 9.84 Å². The third-order valence-electron chi connectivity index (χ3n) is 3.07. The van der Waals surface area contributed by atoms with Crippen molar-refractivity contribution in [1.82, 2.24) is 0 Å². The predicted molar refractivity (Wildman–Crippen MR) is 82.5 cm³/mol. The first-order valence-corrected chi connectivity index (χ1v) is 7.15. The Morgan fingerprint density at radius 2 is 1.90 bits per heavy atom. The summed E-state index contributed by atoms with van der Waals surface area (Å²) in [5.74, 6) is -0.295. The maximum Gasteiger partial charge on any atom is 0.335 e. The molecule has 110 valence electrons. The highest BCUT2D eigenvalue weighted by molar-refractivity contribution is 9.10. The van der Waals surface area contributed by atoms with Gasteiger partial charge in [0.1, 0.15) is 12.4 Å². The monoisotopic (exact) mass is 350 g/mol. The van der Waals surface area contributed by atoms with Crippen LogP contribution in [-0.4, -0.2) is 16.2 Å². The van der Waals surface area contributed by atoms with Crippen LogP contribution in [0.3, 0.4) is 0 Å². The lowest BCUT2D eigenvalue weighted by atomic mass is 10.1. The largest absolute Gasteiger partial charge is 0.488 e. The van der Waals surface area contributed by atoms with E-state index in [0.717, 1.165) is 15.6 Å². The van der Waals surface area contributed by atoms with Gasteiger partial charge in [-0.15, -0.1) is 0 Å². The van der Waals surface area contributed by atoms with E-state index in [1.54, 1.807) is 24.3 Å². The van der Waals surface area contributed by atoms with Crippen molar-refractivity contribution in [3.8, 4) is 5.75 Å². The average molecular weight is 351 g/mol. The third kappa shape index (κ3) is 3.83. The minimum absolute atomic E-state index is 0.104. The van der Waals surface area contributed by atoms with Crippen LogP contribution in [0.4, 0.5) is 0 Å². The summed E-state index contributed by atoms with van der Waals surface area (Å²) >= 11 is 3.38. The van der Waals surface area contributed by atoms with E-state index >= 15 is 0 Å². The summed E-state index contributed by atoms with van der Waals surface area (Å²) in [5, 5.41) is 18.2. The van der Waals surface area contributed by atoms with Crippen molar-refractivity contribution in [2.45, 2.75) is 20.1 Å². The summed E-state index contributed by atoms with van der Waals surface area (Å²) in [7, 11) is 0. The molecule has 2 N–H and O–H groups in total. The van der Waals surface area contributed by atoms with Crippen molar-refractivity contribution in [3.05, 3.63) is 63.1 Å². The molecule has 21 heavy (non-hydrogen) atoms. The molecule has 0 aliphatic rings. The number of aliphatic hydroxyl groups excluding tert-OH is 1. The van der Waals surface area contributed by atoms with Gasteiger partial charge < -0.3 is 14.9 Å². The second-order valence-corrected chi connectivity index (χ2v) is 5.58. The number of carboxylic acids is 1. The van der Waals surface area contributed by atoms with Crippen LogP contribution in [0.1, 0.15) is 27.0 Å². The number of halogens is 1. The van der Waals surface area contributed by atoms with Crippen LogP contribution < -0.4 is 4.74 Å². The molecule has 0 saturated heterocycles. The Bertz CT molecular complexity index is 650. The molecule has 2 aromatic rings. The molecule has 0 fully saturated rings. The number of benzene rings is 2. The highest BCUT2D eigenvalue weighted by Gasteiger charge is 2.09. The van der Waals surface area contributed by atoms with Crippen LogP contribution >= 0.6 is 15.9 Å². The standard InChI is InChI=1S/C16H15BrO4/c1-10-6-14(17)7-13(8-18)15(10)21-9-11-2-4-12(5-3-11)16(19)20/h2-7,18H,8-9H2,1H3,(H,19,20). The summed E-state index contributed by atoms with van der Waals surface area (Å²) < 4.78 is 6.66. The maximum atomic E-state index is 10.8. The van der Waals surface area contributed by atoms with Crippen LogP contribution in [0, 0.1) is 6.92 Å². The van der Waals surface area contributed by atoms with Gasteiger partial charge in [-0.1, -0.05) is 28.1 Å². The zero-order chi connectivity index (χ0) is 15.4. The predicted octanol–water partition coefficient (Wildman–Crippen LogP) is 3.53. The molecule has 0 spiro atoms. The van der Waals surface area contributed by atoms with E-state index in [2.05, 4.69) is 15.9 Å². The lowest BCUT2D eigenvalue weighted by Gasteiger charge is -2.14. The molecule has 0 radical (unpaired) electrons. The zero-order valence-corrected chi connectivity index (χ0v) is 13.1. The Hall–Kier alpha value is -1.85. The number of rotatable bonds is 5. The van der Waals surface area contributed by atoms with E-state index in [1.807, 2.05) is 19.1 Å². The first kappa shape index (κ1) is 15.5. The van der Waals surface area contributed by atoms with Gasteiger partial charge in [-0.2, -0.15) is 0 Å². The minimum atomic E-state index is -0.950. The molecule has 4 nitrogen and oxygen atoms in total. The molecule has 2 aromatic carbocycles. The van der Waals surface area contributed by atoms with Crippen molar-refractivity contribution < 1.29 is 19.7 Å². The summed E-state index contributed by atoms with van der Waals surface area (Å²) in [6.45, 7) is 2.12. The van der Waals surface area contributed by atoms with Crippen LogP contribution in [0.5, 0.6) is 5.75 Å². The van der Waals surface area contributed by atoms with Crippen LogP contribution in [0.15, 0.2) is 40.9 Å². The molecule has 0 aromatic heterocycles. The number of carboxylic acid groups (broad SMARTS) is 1. The normalized spacial score (nSPS) is 10.4. The highest BCUT2D eigenvalue weighted by Crippen LogP contribution is 2.28. The zero-order valence-electron chi connectivity index (χ0n) is 11.5. The SMILES string of the molecule is Cc1cc(Br)cc(CO)c1OCc1ccc(C(=O)O)cc1. The van der Waals surface area contributed by atoms with Crippen LogP contribution in [0.2, 0.25) is 0 Å². The molecule has 0 atom stereocenters. The van der Waals surface area contributed by atoms with E-state index in [-0.39, 0.29) is 12.2 Å². The Morgan fingerprint density at radius 3 is 2.48 bits per heavy atom. The number of aromatic carboxylic acids is 1. The van der Waals surface area contributed by atoms with Crippen molar-refractivity contribution >= 4 is 21.9 Å². The quantitative estimate of drug-likeness (QED) is 0.865. The molecular formula is C16H15BrO4. The Labute approximate surface area is 131 Å². The lowest BCUT2D eigenvalue weighted by molar-refractivity contribution is 0.0697. The Kier molecular flexibility index (Phi) is 4.98. The van der Waals surface area contributed by atoms with Crippen molar-refractivity contribution in [2.24, 2.45) is 0 Å². The molecule has 0 aliphatic heterocycles. The fraction of sp³-hybridized carbons (Fsp3) is 0.188. The number of carbonyl (C=O) groups is 1. The van der Waals surface area contributed by atoms with E-state index < -0.39 is 5.97 Å². The second kappa shape index (κ2) is 6.74.